The Balaban J connectivity index is 1.71. The van der Waals surface area contributed by atoms with Gasteiger partial charge in [0.15, 0.2) is 0 Å². The van der Waals surface area contributed by atoms with Crippen molar-refractivity contribution < 1.29 is 28.7 Å². The van der Waals surface area contributed by atoms with Crippen molar-refractivity contribution in [3.05, 3.63) is 71.8 Å². The Morgan fingerprint density at radius 1 is 0.765 bits per heavy atom. The van der Waals surface area contributed by atoms with Gasteiger partial charge in [0.1, 0.15) is 25.8 Å². The lowest BCUT2D eigenvalue weighted by Gasteiger charge is -2.23. The Hall–Kier alpha value is -3.88. The SMILES string of the molecule is CC[C@@H](C)[C@H](NC(=O)CNC(=O)CNC(=O)OCc1ccccc1)C(=O)OCc1ccccc1. The normalized spacial score (nSPS) is 12.1. The second-order valence-electron chi connectivity index (χ2n) is 7.72. The molecular formula is C25H31N3O6. The minimum absolute atomic E-state index is 0.0775. The van der Waals surface area contributed by atoms with Crippen molar-refractivity contribution in [2.45, 2.75) is 39.5 Å². The first-order chi connectivity index (χ1) is 16.4. The van der Waals surface area contributed by atoms with E-state index in [0.29, 0.717) is 6.42 Å². The predicted molar refractivity (Wildman–Crippen MR) is 125 cm³/mol. The van der Waals surface area contributed by atoms with Gasteiger partial charge in [-0.1, -0.05) is 80.9 Å². The summed E-state index contributed by atoms with van der Waals surface area (Å²) in [4.78, 5) is 48.5. The molecule has 0 fully saturated rings. The maximum Gasteiger partial charge on any atom is 0.407 e. The molecular weight excluding hydrogens is 438 g/mol. The van der Waals surface area contributed by atoms with E-state index in [2.05, 4.69) is 16.0 Å². The van der Waals surface area contributed by atoms with Crippen LogP contribution < -0.4 is 16.0 Å². The monoisotopic (exact) mass is 469 g/mol. The van der Waals surface area contributed by atoms with Gasteiger partial charge in [0.25, 0.3) is 0 Å². The predicted octanol–water partition coefficient (Wildman–Crippen LogP) is 2.30. The topological polar surface area (TPSA) is 123 Å². The van der Waals surface area contributed by atoms with Gasteiger partial charge in [-0.2, -0.15) is 0 Å². The molecule has 0 radical (unpaired) electrons. The third-order valence-electron chi connectivity index (χ3n) is 5.06. The summed E-state index contributed by atoms with van der Waals surface area (Å²) < 4.78 is 10.4. The van der Waals surface area contributed by atoms with Crippen LogP contribution in [0.25, 0.3) is 0 Å². The minimum Gasteiger partial charge on any atom is -0.459 e. The summed E-state index contributed by atoms with van der Waals surface area (Å²) in [6.07, 6.45) is -0.103. The standard InChI is InChI=1S/C25H31N3O6/c1-3-18(2)23(24(31)33-16-19-10-6-4-7-11-19)28-22(30)15-26-21(29)14-27-25(32)34-17-20-12-8-5-9-13-20/h4-13,18,23H,3,14-17H2,1-2H3,(H,26,29)(H,27,32)(H,28,30)/t18-,23+/m1/s1. The Labute approximate surface area is 199 Å². The third kappa shape index (κ3) is 9.72. The van der Waals surface area contributed by atoms with Crippen LogP contribution in [0.15, 0.2) is 60.7 Å². The molecule has 3 N–H and O–H groups in total. The van der Waals surface area contributed by atoms with Gasteiger partial charge in [-0.05, 0) is 17.0 Å². The summed E-state index contributed by atoms with van der Waals surface area (Å²) in [5, 5.41) is 7.34. The molecule has 9 nitrogen and oxygen atoms in total. The second kappa shape index (κ2) is 14.3. The highest BCUT2D eigenvalue weighted by atomic mass is 16.5. The van der Waals surface area contributed by atoms with Crippen molar-refractivity contribution >= 4 is 23.9 Å². The molecule has 0 bridgehead atoms. The molecule has 0 aliphatic heterocycles. The van der Waals surface area contributed by atoms with Crippen molar-refractivity contribution in [1.82, 2.24) is 16.0 Å². The fourth-order valence-corrected chi connectivity index (χ4v) is 2.88. The van der Waals surface area contributed by atoms with Gasteiger partial charge >= 0.3 is 12.1 Å². The first-order valence-corrected chi connectivity index (χ1v) is 11.1. The van der Waals surface area contributed by atoms with Crippen LogP contribution in [0.1, 0.15) is 31.4 Å². The first kappa shape index (κ1) is 26.4. The summed E-state index contributed by atoms with van der Waals surface area (Å²) in [6, 6.07) is 17.5. The lowest BCUT2D eigenvalue weighted by molar-refractivity contribution is -0.150. The number of benzene rings is 2. The zero-order valence-corrected chi connectivity index (χ0v) is 19.4. The molecule has 34 heavy (non-hydrogen) atoms. The number of rotatable bonds is 12. The van der Waals surface area contributed by atoms with Crippen LogP contribution in [0.2, 0.25) is 0 Å². The molecule has 0 aromatic heterocycles. The van der Waals surface area contributed by atoms with Crippen LogP contribution in [0.5, 0.6) is 0 Å². The fourth-order valence-electron chi connectivity index (χ4n) is 2.88. The smallest absolute Gasteiger partial charge is 0.407 e. The van der Waals surface area contributed by atoms with Crippen LogP contribution in [-0.4, -0.2) is 43.0 Å². The number of hydrogen-bond donors (Lipinski definition) is 3. The molecule has 2 aromatic rings. The number of esters is 1. The highest BCUT2D eigenvalue weighted by Crippen LogP contribution is 2.11. The molecule has 2 atom stereocenters. The molecule has 0 heterocycles. The van der Waals surface area contributed by atoms with E-state index in [1.54, 1.807) is 0 Å². The molecule has 0 saturated heterocycles. The van der Waals surface area contributed by atoms with E-state index < -0.39 is 29.9 Å². The van der Waals surface area contributed by atoms with Crippen LogP contribution in [-0.2, 0) is 37.1 Å². The van der Waals surface area contributed by atoms with Crippen LogP contribution in [0.3, 0.4) is 0 Å². The Morgan fingerprint density at radius 2 is 1.29 bits per heavy atom. The largest absolute Gasteiger partial charge is 0.459 e. The number of carbonyl (C=O) groups is 4. The number of nitrogens with one attached hydrogen (secondary N) is 3. The van der Waals surface area contributed by atoms with Crippen molar-refractivity contribution in [1.29, 1.82) is 0 Å². The van der Waals surface area contributed by atoms with E-state index in [9.17, 15) is 19.2 Å². The van der Waals surface area contributed by atoms with Crippen molar-refractivity contribution in [2.75, 3.05) is 13.1 Å². The Morgan fingerprint density at radius 3 is 1.85 bits per heavy atom. The molecule has 0 spiro atoms. The first-order valence-electron chi connectivity index (χ1n) is 11.1. The van der Waals surface area contributed by atoms with Crippen LogP contribution >= 0.6 is 0 Å². The Kier molecular flexibility index (Phi) is 11.1. The maximum absolute atomic E-state index is 12.5. The van der Waals surface area contributed by atoms with E-state index >= 15 is 0 Å². The van der Waals surface area contributed by atoms with Gasteiger partial charge in [-0.25, -0.2) is 9.59 Å². The average molecular weight is 470 g/mol. The number of alkyl carbamates (subject to hydrolysis) is 1. The average Bonchev–Trinajstić information content (AvgIpc) is 2.87. The highest BCUT2D eigenvalue weighted by Gasteiger charge is 2.27. The summed E-state index contributed by atoms with van der Waals surface area (Å²) in [6.45, 7) is 3.21. The third-order valence-corrected chi connectivity index (χ3v) is 5.06. The zero-order chi connectivity index (χ0) is 24.8. The van der Waals surface area contributed by atoms with E-state index in [4.69, 9.17) is 9.47 Å². The van der Waals surface area contributed by atoms with E-state index in [-0.39, 0.29) is 32.2 Å². The number of amides is 3. The molecule has 2 rings (SSSR count). The Bertz CT molecular complexity index is 936. The van der Waals surface area contributed by atoms with Gasteiger partial charge in [-0.3, -0.25) is 9.59 Å². The van der Waals surface area contributed by atoms with Crippen molar-refractivity contribution in [3.8, 4) is 0 Å². The lowest BCUT2D eigenvalue weighted by Crippen LogP contribution is -2.50. The quantitative estimate of drug-likeness (QED) is 0.410. The molecule has 0 aliphatic carbocycles. The number of ether oxygens (including phenoxy) is 2. The molecule has 9 heteroatoms. The van der Waals surface area contributed by atoms with Gasteiger partial charge < -0.3 is 25.4 Å². The van der Waals surface area contributed by atoms with Crippen molar-refractivity contribution in [2.24, 2.45) is 5.92 Å². The maximum atomic E-state index is 12.5. The summed E-state index contributed by atoms with van der Waals surface area (Å²) >= 11 is 0. The van der Waals surface area contributed by atoms with Gasteiger partial charge in [-0.15, -0.1) is 0 Å². The second-order valence-corrected chi connectivity index (χ2v) is 7.72. The molecule has 182 valence electrons. The van der Waals surface area contributed by atoms with Crippen LogP contribution in [0.4, 0.5) is 4.79 Å². The fraction of sp³-hybridized carbons (Fsp3) is 0.360. The van der Waals surface area contributed by atoms with E-state index in [0.717, 1.165) is 11.1 Å². The number of carbonyl (C=O) groups excluding carboxylic acids is 4. The van der Waals surface area contributed by atoms with E-state index in [1.807, 2.05) is 74.5 Å². The molecule has 2 aromatic carbocycles. The van der Waals surface area contributed by atoms with Gasteiger partial charge in [0, 0.05) is 0 Å². The lowest BCUT2D eigenvalue weighted by atomic mass is 9.99. The van der Waals surface area contributed by atoms with Gasteiger partial charge in [0.2, 0.25) is 11.8 Å². The summed E-state index contributed by atoms with van der Waals surface area (Å²) in [5.74, 6) is -1.81. The zero-order valence-electron chi connectivity index (χ0n) is 19.4. The molecule has 0 unspecified atom stereocenters. The molecule has 0 aliphatic rings. The summed E-state index contributed by atoms with van der Waals surface area (Å²) in [7, 11) is 0. The van der Waals surface area contributed by atoms with Crippen molar-refractivity contribution in [3.63, 3.8) is 0 Å². The van der Waals surface area contributed by atoms with Crippen LogP contribution in [0, 0.1) is 5.92 Å². The van der Waals surface area contributed by atoms with Gasteiger partial charge in [0.05, 0.1) is 6.54 Å². The highest BCUT2D eigenvalue weighted by molar-refractivity contribution is 5.89. The molecule has 3 amide bonds. The molecule has 0 saturated carbocycles. The van der Waals surface area contributed by atoms with E-state index in [1.165, 1.54) is 0 Å². The number of hydrogen-bond acceptors (Lipinski definition) is 6. The summed E-state index contributed by atoms with van der Waals surface area (Å²) in [5.41, 5.74) is 1.66. The minimum atomic E-state index is -0.843.